The van der Waals surface area contributed by atoms with Gasteiger partial charge in [-0.05, 0) is 37.5 Å². The molecule has 0 aliphatic carbocycles. The molecule has 0 bridgehead atoms. The van der Waals surface area contributed by atoms with Crippen LogP contribution in [0.15, 0.2) is 11.6 Å². The van der Waals surface area contributed by atoms with Gasteiger partial charge in [0.25, 0.3) is 0 Å². The van der Waals surface area contributed by atoms with E-state index in [2.05, 4.69) is 27.7 Å². The largest absolute Gasteiger partial charge is 0.478 e. The molecule has 0 aromatic rings. The Morgan fingerprint density at radius 3 is 1.74 bits per heavy atom. The average molecular weight is 507 g/mol. The molecule has 0 aromatic heterocycles. The molecule has 2 atom stereocenters. The van der Waals surface area contributed by atoms with Crippen LogP contribution in [0.2, 0.25) is 0 Å². The van der Waals surface area contributed by atoms with Gasteiger partial charge in [0.2, 0.25) is 0 Å². The molecular formula is C20H38AuO2. The van der Waals surface area contributed by atoms with E-state index in [1.807, 2.05) is 6.92 Å². The van der Waals surface area contributed by atoms with Crippen molar-refractivity contribution in [2.45, 2.75) is 92.4 Å². The summed E-state index contributed by atoms with van der Waals surface area (Å²) < 4.78 is 0. The summed E-state index contributed by atoms with van der Waals surface area (Å²) in [5, 5.41) is 8.68. The molecule has 3 heteroatoms. The summed E-state index contributed by atoms with van der Waals surface area (Å²) in [6.45, 7) is 11.3. The monoisotopic (exact) mass is 507 g/mol. The Kier molecular flexibility index (Phi) is 17.0. The second kappa shape index (κ2) is 15.5. The summed E-state index contributed by atoms with van der Waals surface area (Å²) in [5.41, 5.74) is 0.985. The van der Waals surface area contributed by atoms with E-state index in [0.717, 1.165) is 36.2 Å². The van der Waals surface area contributed by atoms with Crippen molar-refractivity contribution in [1.29, 1.82) is 0 Å². The van der Waals surface area contributed by atoms with Crippen LogP contribution in [-0.4, -0.2) is 11.1 Å². The van der Waals surface area contributed by atoms with Crippen molar-refractivity contribution in [3.63, 3.8) is 0 Å². The van der Waals surface area contributed by atoms with E-state index >= 15 is 0 Å². The summed E-state index contributed by atoms with van der Waals surface area (Å²) in [7, 11) is 0. The van der Waals surface area contributed by atoms with Crippen molar-refractivity contribution in [3.8, 4) is 0 Å². The van der Waals surface area contributed by atoms with E-state index in [4.69, 9.17) is 5.11 Å². The predicted octanol–water partition coefficient (Wildman–Crippen LogP) is 6.45. The van der Waals surface area contributed by atoms with Gasteiger partial charge in [0.1, 0.15) is 0 Å². The molecule has 0 saturated carbocycles. The quantitative estimate of drug-likeness (QED) is 0.230. The topological polar surface area (TPSA) is 37.3 Å². The molecule has 0 spiro atoms. The maximum Gasteiger partial charge on any atom is 0.328 e. The van der Waals surface area contributed by atoms with Crippen LogP contribution < -0.4 is 0 Å². The Morgan fingerprint density at radius 2 is 1.30 bits per heavy atom. The fraction of sp³-hybridized carbons (Fsp3) is 0.850. The van der Waals surface area contributed by atoms with Gasteiger partial charge in [-0.2, -0.15) is 0 Å². The fourth-order valence-corrected chi connectivity index (χ4v) is 2.99. The standard InChI is InChI=1S/C20H38O2.Au/c1-16(2)9-6-10-17(3)11-7-12-18(4)13-8-14-19(5)15-20(21)22;/h15-18H,6-14H2,1-5H3,(H,21,22);/b19-15+;/t17-,18-;/m1./s1. The molecule has 1 radical (unpaired) electrons. The minimum absolute atomic E-state index is 0. The molecule has 0 amide bonds. The van der Waals surface area contributed by atoms with Gasteiger partial charge in [-0.1, -0.05) is 78.2 Å². The van der Waals surface area contributed by atoms with Crippen molar-refractivity contribution in [1.82, 2.24) is 0 Å². The molecule has 2 nitrogen and oxygen atoms in total. The molecule has 0 aliphatic rings. The van der Waals surface area contributed by atoms with Gasteiger partial charge in [-0.25, -0.2) is 4.79 Å². The Labute approximate surface area is 160 Å². The molecule has 0 rings (SSSR count). The average Bonchev–Trinajstić information content (AvgIpc) is 2.37. The first-order valence-corrected chi connectivity index (χ1v) is 9.21. The first-order chi connectivity index (χ1) is 10.3. The van der Waals surface area contributed by atoms with Gasteiger partial charge >= 0.3 is 5.97 Å². The van der Waals surface area contributed by atoms with E-state index in [1.54, 1.807) is 0 Å². The number of rotatable bonds is 13. The van der Waals surface area contributed by atoms with Crippen LogP contribution in [0.1, 0.15) is 92.4 Å². The van der Waals surface area contributed by atoms with E-state index < -0.39 is 5.97 Å². The van der Waals surface area contributed by atoms with Gasteiger partial charge in [0.15, 0.2) is 0 Å². The van der Waals surface area contributed by atoms with Crippen molar-refractivity contribution in [2.75, 3.05) is 0 Å². The van der Waals surface area contributed by atoms with Crippen molar-refractivity contribution >= 4 is 5.97 Å². The maximum absolute atomic E-state index is 10.5. The number of carboxylic acids is 1. The summed E-state index contributed by atoms with van der Waals surface area (Å²) in [4.78, 5) is 10.5. The molecule has 1 N–H and O–H groups in total. The molecule has 0 saturated heterocycles. The summed E-state index contributed by atoms with van der Waals surface area (Å²) in [6, 6.07) is 0. The Balaban J connectivity index is 0. The van der Waals surface area contributed by atoms with Gasteiger partial charge in [0.05, 0.1) is 0 Å². The first kappa shape index (κ1) is 25.2. The molecule has 141 valence electrons. The molecule has 0 unspecified atom stereocenters. The minimum Gasteiger partial charge on any atom is -0.478 e. The molecule has 23 heavy (non-hydrogen) atoms. The number of hydrogen-bond acceptors (Lipinski definition) is 1. The predicted molar refractivity (Wildman–Crippen MR) is 96.1 cm³/mol. The van der Waals surface area contributed by atoms with Crippen LogP contribution in [0.3, 0.4) is 0 Å². The number of hydrogen-bond donors (Lipinski definition) is 1. The molecule has 0 aromatic carbocycles. The summed E-state index contributed by atoms with van der Waals surface area (Å²) >= 11 is 0. The van der Waals surface area contributed by atoms with Crippen LogP contribution in [0.5, 0.6) is 0 Å². The normalized spacial score (nSPS) is 14.4. The second-order valence-electron chi connectivity index (χ2n) is 7.69. The van der Waals surface area contributed by atoms with Crippen molar-refractivity contribution in [2.24, 2.45) is 17.8 Å². The van der Waals surface area contributed by atoms with Gasteiger partial charge in [0, 0.05) is 28.5 Å². The van der Waals surface area contributed by atoms with Crippen LogP contribution in [0.25, 0.3) is 0 Å². The van der Waals surface area contributed by atoms with Crippen molar-refractivity contribution < 1.29 is 32.3 Å². The SMILES string of the molecule is C/C(=C\C(=O)O)CCC[C@H](C)CCC[C@H](C)CCCC(C)C.[Au]. The fourth-order valence-electron chi connectivity index (χ4n) is 2.99. The van der Waals surface area contributed by atoms with E-state index in [0.29, 0.717) is 0 Å². The van der Waals surface area contributed by atoms with E-state index in [-0.39, 0.29) is 22.4 Å². The summed E-state index contributed by atoms with van der Waals surface area (Å²) in [6.07, 6.45) is 12.7. The smallest absolute Gasteiger partial charge is 0.328 e. The van der Waals surface area contributed by atoms with Gasteiger partial charge < -0.3 is 5.11 Å². The molecule has 0 fully saturated rings. The second-order valence-corrected chi connectivity index (χ2v) is 7.69. The zero-order chi connectivity index (χ0) is 17.0. The van der Waals surface area contributed by atoms with Gasteiger partial charge in [-0.15, -0.1) is 0 Å². The Hall–Kier alpha value is -0.0497. The van der Waals surface area contributed by atoms with E-state index in [1.165, 1.54) is 51.0 Å². The number of carboxylic acid groups (broad SMARTS) is 1. The number of allylic oxidation sites excluding steroid dienone is 1. The minimum atomic E-state index is -0.822. The van der Waals surface area contributed by atoms with E-state index in [9.17, 15) is 4.79 Å². The zero-order valence-electron chi connectivity index (χ0n) is 15.8. The number of carbonyl (C=O) groups is 1. The van der Waals surface area contributed by atoms with Crippen LogP contribution in [0, 0.1) is 17.8 Å². The van der Waals surface area contributed by atoms with Crippen LogP contribution >= 0.6 is 0 Å². The molecule has 0 aliphatic heterocycles. The van der Waals surface area contributed by atoms with Gasteiger partial charge in [-0.3, -0.25) is 0 Å². The number of aliphatic carboxylic acids is 1. The first-order valence-electron chi connectivity index (χ1n) is 9.21. The third-order valence-electron chi connectivity index (χ3n) is 4.51. The maximum atomic E-state index is 10.5. The third kappa shape index (κ3) is 18.1. The van der Waals surface area contributed by atoms with Crippen LogP contribution in [0.4, 0.5) is 0 Å². The van der Waals surface area contributed by atoms with Crippen molar-refractivity contribution in [3.05, 3.63) is 11.6 Å². The molecule has 0 heterocycles. The Morgan fingerprint density at radius 1 is 0.870 bits per heavy atom. The Bertz CT molecular complexity index is 324. The molecular weight excluding hydrogens is 469 g/mol. The van der Waals surface area contributed by atoms with Crippen LogP contribution in [-0.2, 0) is 27.2 Å². The summed E-state index contributed by atoms with van der Waals surface area (Å²) in [5.74, 6) is 1.65. The zero-order valence-corrected chi connectivity index (χ0v) is 18.0. The third-order valence-corrected chi connectivity index (χ3v) is 4.51.